The van der Waals surface area contributed by atoms with E-state index in [1.807, 2.05) is 42.5 Å². The van der Waals surface area contributed by atoms with Gasteiger partial charge in [0, 0.05) is 91.3 Å². The highest BCUT2D eigenvalue weighted by molar-refractivity contribution is 6.31. The van der Waals surface area contributed by atoms with Crippen molar-refractivity contribution in [2.24, 2.45) is 14.1 Å². The highest BCUT2D eigenvalue weighted by atomic mass is 35.5. The maximum atomic E-state index is 14.8. The summed E-state index contributed by atoms with van der Waals surface area (Å²) in [6.07, 6.45) is 2.51. The number of halogens is 2. The lowest BCUT2D eigenvalue weighted by molar-refractivity contribution is 0.0193. The second kappa shape index (κ2) is 15.5. The molecule has 2 aliphatic heterocycles. The summed E-state index contributed by atoms with van der Waals surface area (Å²) in [4.78, 5) is 35.5. The molecule has 4 heterocycles. The number of rotatable bonds is 7. The minimum Gasteiger partial charge on any atom is -0.508 e. The highest BCUT2D eigenvalue weighted by Crippen LogP contribution is 2.37. The number of hydrogen-bond acceptors (Lipinski definition) is 6. The first-order chi connectivity index (χ1) is 25.0. The lowest BCUT2D eigenvalue weighted by atomic mass is 9.92. The first kappa shape index (κ1) is 37.7. The molecule has 2 aromatic heterocycles. The minimum absolute atomic E-state index is 0. The van der Waals surface area contributed by atoms with E-state index in [1.165, 1.54) is 17.7 Å². The maximum Gasteiger partial charge on any atom is 0.264 e. The first-order valence-corrected chi connectivity index (χ1v) is 17.8. The molecule has 0 radical (unpaired) electrons. The smallest absolute Gasteiger partial charge is 0.264 e. The number of ether oxygens (including phenoxy) is 1. The molecule has 3 aromatic carbocycles. The second-order valence-electron chi connectivity index (χ2n) is 13.6. The number of hydrogen-bond donors (Lipinski definition) is 1. The fraction of sp³-hybridized carbons (Fsp3) is 0.293. The van der Waals surface area contributed by atoms with Crippen LogP contribution in [-0.4, -0.2) is 74.7 Å². The van der Waals surface area contributed by atoms with Crippen LogP contribution < -0.4 is 4.90 Å². The predicted molar refractivity (Wildman–Crippen MR) is 208 cm³/mol. The van der Waals surface area contributed by atoms with E-state index in [0.29, 0.717) is 75.5 Å². The second-order valence-corrected chi connectivity index (χ2v) is 14.1. The van der Waals surface area contributed by atoms with E-state index < -0.39 is 0 Å². The molecule has 0 spiro atoms. The molecule has 7 rings (SSSR count). The van der Waals surface area contributed by atoms with Crippen molar-refractivity contribution in [1.82, 2.24) is 18.9 Å². The van der Waals surface area contributed by atoms with Gasteiger partial charge in [0.2, 0.25) is 0 Å². The van der Waals surface area contributed by atoms with Gasteiger partial charge in [0.05, 0.1) is 24.5 Å². The van der Waals surface area contributed by atoms with Crippen molar-refractivity contribution in [3.8, 4) is 23.1 Å². The largest absolute Gasteiger partial charge is 0.508 e. The number of carbonyl (C=O) groups is 2. The maximum absolute atomic E-state index is 14.8. The van der Waals surface area contributed by atoms with Gasteiger partial charge in [-0.1, -0.05) is 35.9 Å². The Balaban J connectivity index is 0.00000481. The van der Waals surface area contributed by atoms with E-state index in [-0.39, 0.29) is 36.0 Å². The lowest BCUT2D eigenvalue weighted by Crippen LogP contribution is -2.52. The average Bonchev–Trinajstić information content (AvgIpc) is 3.60. The molecule has 1 saturated heterocycles. The normalized spacial score (nSPS) is 15.7. The van der Waals surface area contributed by atoms with Crippen molar-refractivity contribution in [2.45, 2.75) is 32.9 Å². The molecule has 0 aliphatic carbocycles. The number of phenols is 1. The Morgan fingerprint density at radius 1 is 0.981 bits per heavy atom. The predicted octanol–water partition coefficient (Wildman–Crippen LogP) is 7.18. The van der Waals surface area contributed by atoms with E-state index in [9.17, 15) is 20.0 Å². The van der Waals surface area contributed by atoms with Gasteiger partial charge in [-0.15, -0.1) is 12.4 Å². The number of morpholine rings is 1. The number of nitrogens with zero attached hydrogens (tertiary/aromatic N) is 6. The summed E-state index contributed by atoms with van der Waals surface area (Å²) in [6, 6.07) is 24.0. The van der Waals surface area contributed by atoms with Gasteiger partial charge in [0.15, 0.2) is 0 Å². The van der Waals surface area contributed by atoms with Gasteiger partial charge in [-0.25, -0.2) is 0 Å². The van der Waals surface area contributed by atoms with Crippen molar-refractivity contribution in [3.63, 3.8) is 0 Å². The van der Waals surface area contributed by atoms with Crippen LogP contribution in [0, 0.1) is 25.2 Å². The van der Waals surface area contributed by atoms with Gasteiger partial charge < -0.3 is 23.9 Å². The van der Waals surface area contributed by atoms with Gasteiger partial charge in [0.25, 0.3) is 11.8 Å². The van der Waals surface area contributed by atoms with E-state index in [1.54, 1.807) is 53.0 Å². The van der Waals surface area contributed by atoms with Gasteiger partial charge >= 0.3 is 0 Å². The van der Waals surface area contributed by atoms with Crippen molar-refractivity contribution in [3.05, 3.63) is 123 Å². The molecule has 274 valence electrons. The number of carbonyl (C=O) groups excluding carboxylic acids is 2. The molecular formula is C41H42Cl2N6O4. The third-order valence-corrected chi connectivity index (χ3v) is 10.7. The zero-order valence-corrected chi connectivity index (χ0v) is 31.7. The average molecular weight is 754 g/mol. The summed E-state index contributed by atoms with van der Waals surface area (Å²) in [6.45, 7) is 7.93. The van der Waals surface area contributed by atoms with Gasteiger partial charge in [-0.05, 0) is 79.9 Å². The minimum atomic E-state index is -0.323. The Kier molecular flexibility index (Phi) is 11.0. The van der Waals surface area contributed by atoms with Crippen LogP contribution in [0.5, 0.6) is 5.75 Å². The van der Waals surface area contributed by atoms with Crippen molar-refractivity contribution in [2.75, 3.05) is 37.7 Å². The third-order valence-electron chi connectivity index (χ3n) is 10.5. The summed E-state index contributed by atoms with van der Waals surface area (Å²) in [5, 5.41) is 20.4. The lowest BCUT2D eigenvalue weighted by Gasteiger charge is -2.40. The number of benzene rings is 3. The molecule has 1 atom stereocenters. The molecule has 0 bridgehead atoms. The molecule has 0 unspecified atom stereocenters. The number of fused-ring (bicyclic) bond motifs is 1. The number of aromatic hydroxyl groups is 1. The molecule has 2 amide bonds. The fourth-order valence-electron chi connectivity index (χ4n) is 7.52. The number of aryl methyl sites for hydroxylation is 1. The molecular weight excluding hydrogens is 711 g/mol. The number of phenolic OH excluding ortho intramolecular Hbond substituents is 1. The Labute approximate surface area is 320 Å². The van der Waals surface area contributed by atoms with Crippen LogP contribution >= 0.6 is 24.0 Å². The highest BCUT2D eigenvalue weighted by Gasteiger charge is 2.34. The van der Waals surface area contributed by atoms with Gasteiger partial charge in [-0.2, -0.15) is 5.26 Å². The van der Waals surface area contributed by atoms with E-state index >= 15 is 0 Å². The van der Waals surface area contributed by atoms with Crippen LogP contribution in [0.2, 0.25) is 5.02 Å². The van der Waals surface area contributed by atoms with Crippen molar-refractivity contribution >= 4 is 47.2 Å². The first-order valence-electron chi connectivity index (χ1n) is 17.4. The monoisotopic (exact) mass is 752 g/mol. The number of nitriles is 1. The van der Waals surface area contributed by atoms with E-state index in [2.05, 4.69) is 29.2 Å². The Morgan fingerprint density at radius 3 is 2.36 bits per heavy atom. The van der Waals surface area contributed by atoms with Crippen LogP contribution in [0.1, 0.15) is 48.8 Å². The van der Waals surface area contributed by atoms with Crippen LogP contribution in [0.15, 0.2) is 79.0 Å². The topological polar surface area (TPSA) is 107 Å². The Morgan fingerprint density at radius 2 is 1.68 bits per heavy atom. The molecule has 5 aromatic rings. The van der Waals surface area contributed by atoms with Crippen molar-refractivity contribution < 1.29 is 19.4 Å². The van der Waals surface area contributed by atoms with E-state index in [0.717, 1.165) is 31.6 Å². The molecule has 1 fully saturated rings. The van der Waals surface area contributed by atoms with Crippen LogP contribution in [-0.2, 0) is 31.8 Å². The summed E-state index contributed by atoms with van der Waals surface area (Å²) < 4.78 is 9.22. The SMILES string of the molecule is Cc1c(N(C(=O)c2cc(-c3cc(Cl)ccc3C(=O)N3Cc4ccccc4C[C@H]3CN3CCOCC3)n(C)c2C)c2ccc(O)cc2)cn(C)c1C#N.Cl. The summed E-state index contributed by atoms with van der Waals surface area (Å²) in [5.41, 5.74) is 7.47. The Hall–Kier alpha value is -5.05. The zero-order valence-electron chi connectivity index (χ0n) is 30.2. The molecule has 10 nitrogen and oxygen atoms in total. The molecule has 0 saturated carbocycles. The number of amides is 2. The van der Waals surface area contributed by atoms with Crippen LogP contribution in [0.3, 0.4) is 0 Å². The summed E-state index contributed by atoms with van der Waals surface area (Å²) in [5.74, 6) is -0.350. The molecule has 2 aliphatic rings. The molecule has 53 heavy (non-hydrogen) atoms. The third kappa shape index (κ3) is 7.18. The summed E-state index contributed by atoms with van der Waals surface area (Å²) >= 11 is 6.64. The summed E-state index contributed by atoms with van der Waals surface area (Å²) in [7, 11) is 3.64. The van der Waals surface area contributed by atoms with Crippen LogP contribution in [0.25, 0.3) is 11.3 Å². The standard InChI is InChI=1S/C41H41ClN6O4.ClH/c1-26-38(22-43)44(3)25-39(26)48(31-10-12-33(49)13-11-31)41(51)35-21-37(45(4)27(35)2)36-20-30(42)9-14-34(36)40(50)47-23-29-8-6-5-7-28(29)19-32(47)24-46-15-17-52-18-16-46;/h5-14,20-21,25,32,49H,15-19,23-24H2,1-4H3;1H/t32-;/m0./s1. The van der Waals surface area contributed by atoms with Crippen LogP contribution in [0.4, 0.5) is 11.4 Å². The fourth-order valence-corrected chi connectivity index (χ4v) is 7.69. The van der Waals surface area contributed by atoms with Crippen molar-refractivity contribution in [1.29, 1.82) is 5.26 Å². The van der Waals surface area contributed by atoms with Gasteiger partial charge in [-0.3, -0.25) is 19.4 Å². The molecule has 1 N–H and O–H groups in total. The van der Waals surface area contributed by atoms with E-state index in [4.69, 9.17) is 16.3 Å². The zero-order chi connectivity index (χ0) is 36.7. The number of anilines is 2. The molecule has 12 heteroatoms. The Bertz CT molecular complexity index is 2210. The quantitative estimate of drug-likeness (QED) is 0.189. The van der Waals surface area contributed by atoms with Gasteiger partial charge in [0.1, 0.15) is 17.5 Å². The number of aromatic nitrogens is 2.